The molecule has 0 saturated carbocycles. The molecular weight excluding hydrogens is 817 g/mol. The third-order valence-electron chi connectivity index (χ3n) is 11.3. The number of hydrogen-bond donors (Lipinski definition) is 0. The van der Waals surface area contributed by atoms with Crippen molar-refractivity contribution in [1.29, 1.82) is 0 Å². The van der Waals surface area contributed by atoms with Gasteiger partial charge < -0.3 is 14.2 Å². The van der Waals surface area contributed by atoms with Crippen LogP contribution in [0.1, 0.15) is 245 Å². The van der Waals surface area contributed by atoms with Crippen molar-refractivity contribution in [2.24, 2.45) is 0 Å². The fraction of sp³-hybridized carbons (Fsp3) is 0.683. The molecule has 0 heterocycles. The van der Waals surface area contributed by atoms with E-state index >= 15 is 0 Å². The summed E-state index contributed by atoms with van der Waals surface area (Å²) in [6.45, 7) is 6.42. The first-order chi connectivity index (χ1) is 32.5. The van der Waals surface area contributed by atoms with Crippen molar-refractivity contribution >= 4 is 17.9 Å². The first kappa shape index (κ1) is 62.3. The van der Waals surface area contributed by atoms with Crippen molar-refractivity contribution in [3.8, 4) is 0 Å². The number of hydrogen-bond acceptors (Lipinski definition) is 6. The molecule has 66 heavy (non-hydrogen) atoms. The van der Waals surface area contributed by atoms with Crippen molar-refractivity contribution in [3.63, 3.8) is 0 Å². The van der Waals surface area contributed by atoms with Crippen LogP contribution in [0.3, 0.4) is 0 Å². The maximum Gasteiger partial charge on any atom is 0.306 e. The Morgan fingerprint density at radius 2 is 0.621 bits per heavy atom. The van der Waals surface area contributed by atoms with Crippen LogP contribution in [0.5, 0.6) is 0 Å². The van der Waals surface area contributed by atoms with Crippen molar-refractivity contribution in [2.75, 3.05) is 13.2 Å². The van der Waals surface area contributed by atoms with Crippen LogP contribution in [-0.4, -0.2) is 37.2 Å². The van der Waals surface area contributed by atoms with Crippen molar-refractivity contribution in [2.45, 2.75) is 252 Å². The Hall–Kier alpha value is -3.67. The van der Waals surface area contributed by atoms with Gasteiger partial charge in [-0.3, -0.25) is 14.4 Å². The highest BCUT2D eigenvalue weighted by Crippen LogP contribution is 2.15. The quantitative estimate of drug-likeness (QED) is 0.0262. The van der Waals surface area contributed by atoms with E-state index < -0.39 is 6.10 Å². The Kier molecular flexibility index (Phi) is 50.9. The lowest BCUT2D eigenvalue weighted by molar-refractivity contribution is -0.166. The van der Waals surface area contributed by atoms with Gasteiger partial charge in [0.1, 0.15) is 13.2 Å². The summed E-state index contributed by atoms with van der Waals surface area (Å²) in [5, 5.41) is 0. The maximum atomic E-state index is 12.8. The van der Waals surface area contributed by atoms with Crippen molar-refractivity contribution in [1.82, 2.24) is 0 Å². The molecule has 0 aromatic rings. The Bertz CT molecular complexity index is 1330. The molecule has 0 amide bonds. The minimum atomic E-state index is -0.814. The zero-order valence-corrected chi connectivity index (χ0v) is 42.9. The lowest BCUT2D eigenvalue weighted by Crippen LogP contribution is -2.30. The molecule has 0 bridgehead atoms. The minimum Gasteiger partial charge on any atom is -0.462 e. The first-order valence-corrected chi connectivity index (χ1v) is 27.2. The van der Waals surface area contributed by atoms with Gasteiger partial charge in [-0.05, 0) is 89.9 Å². The van der Waals surface area contributed by atoms with E-state index in [-0.39, 0.29) is 37.5 Å². The van der Waals surface area contributed by atoms with Crippen LogP contribution in [0.25, 0.3) is 0 Å². The van der Waals surface area contributed by atoms with Gasteiger partial charge in [0.15, 0.2) is 6.10 Å². The summed E-state index contributed by atoms with van der Waals surface area (Å²) in [5.74, 6) is -1.01. The summed E-state index contributed by atoms with van der Waals surface area (Å²) in [7, 11) is 0. The molecule has 0 rings (SSSR count). The summed E-state index contributed by atoms with van der Waals surface area (Å²) >= 11 is 0. The molecule has 0 fully saturated rings. The summed E-state index contributed by atoms with van der Waals surface area (Å²) in [5.41, 5.74) is 0. The number of esters is 3. The average molecular weight is 917 g/mol. The van der Waals surface area contributed by atoms with Gasteiger partial charge in [0, 0.05) is 19.3 Å². The number of ether oxygens (including phenoxy) is 3. The fourth-order valence-corrected chi connectivity index (χ4v) is 7.26. The van der Waals surface area contributed by atoms with Crippen LogP contribution < -0.4 is 0 Å². The molecule has 0 saturated heterocycles. The van der Waals surface area contributed by atoms with Gasteiger partial charge in [0.25, 0.3) is 0 Å². The zero-order chi connectivity index (χ0) is 47.9. The minimum absolute atomic E-state index is 0.105. The molecule has 0 aliphatic carbocycles. The molecule has 0 aromatic carbocycles. The van der Waals surface area contributed by atoms with Gasteiger partial charge in [0.05, 0.1) is 0 Å². The van der Waals surface area contributed by atoms with E-state index in [4.69, 9.17) is 14.2 Å². The average Bonchev–Trinajstić information content (AvgIpc) is 3.31. The second-order valence-corrected chi connectivity index (χ2v) is 17.8. The van der Waals surface area contributed by atoms with Crippen LogP contribution >= 0.6 is 0 Å². The van der Waals surface area contributed by atoms with Gasteiger partial charge >= 0.3 is 17.9 Å². The van der Waals surface area contributed by atoms with Gasteiger partial charge in [0.2, 0.25) is 0 Å². The van der Waals surface area contributed by atoms with E-state index in [0.717, 1.165) is 103 Å². The lowest BCUT2D eigenvalue weighted by Gasteiger charge is -2.18. The number of allylic oxidation sites excluding steroid dienone is 16. The Balaban J connectivity index is 4.52. The van der Waals surface area contributed by atoms with Crippen LogP contribution in [-0.2, 0) is 28.6 Å². The topological polar surface area (TPSA) is 78.9 Å². The molecule has 0 N–H and O–H groups in total. The number of unbranched alkanes of at least 4 members (excludes halogenated alkanes) is 21. The van der Waals surface area contributed by atoms with Crippen molar-refractivity contribution < 1.29 is 28.6 Å². The van der Waals surface area contributed by atoms with E-state index in [1.165, 1.54) is 96.3 Å². The third kappa shape index (κ3) is 51.3. The number of rotatable bonds is 48. The monoisotopic (exact) mass is 917 g/mol. The normalized spacial score (nSPS) is 12.8. The summed E-state index contributed by atoms with van der Waals surface area (Å²) < 4.78 is 16.7. The molecule has 376 valence electrons. The fourth-order valence-electron chi connectivity index (χ4n) is 7.26. The molecule has 0 aliphatic heterocycles. The number of carbonyl (C=O) groups is 3. The molecular formula is C60H100O6. The summed E-state index contributed by atoms with van der Waals surface area (Å²) in [6.07, 6.45) is 71.1. The molecule has 1 atom stereocenters. The van der Waals surface area contributed by atoms with Crippen LogP contribution in [0, 0.1) is 0 Å². The molecule has 6 heteroatoms. The largest absolute Gasteiger partial charge is 0.462 e. The Labute approximate surface area is 407 Å². The van der Waals surface area contributed by atoms with E-state index in [0.29, 0.717) is 19.3 Å². The van der Waals surface area contributed by atoms with Crippen molar-refractivity contribution in [3.05, 3.63) is 97.2 Å². The second-order valence-electron chi connectivity index (χ2n) is 17.8. The van der Waals surface area contributed by atoms with Crippen LogP contribution in [0.4, 0.5) is 0 Å². The number of carbonyl (C=O) groups excluding carboxylic acids is 3. The van der Waals surface area contributed by atoms with E-state index in [2.05, 4.69) is 112 Å². The highest BCUT2D eigenvalue weighted by Gasteiger charge is 2.19. The first-order valence-electron chi connectivity index (χ1n) is 27.2. The Morgan fingerprint density at radius 3 is 1.05 bits per heavy atom. The molecule has 6 nitrogen and oxygen atoms in total. The highest BCUT2D eigenvalue weighted by molar-refractivity contribution is 5.71. The smallest absolute Gasteiger partial charge is 0.306 e. The van der Waals surface area contributed by atoms with Gasteiger partial charge in [-0.15, -0.1) is 0 Å². The van der Waals surface area contributed by atoms with Crippen LogP contribution in [0.15, 0.2) is 97.2 Å². The SMILES string of the molecule is CC/C=C\C/C=C\C/C=C\C/C=C\C/C=C\C/C=C\CCC(=O)OC[C@@H](COC(=O)CCCCCCCCCCCCCCCC)OC(=O)CCCCCCC/C=C\C/C=C\CCCCC. The lowest BCUT2D eigenvalue weighted by atomic mass is 10.0. The van der Waals surface area contributed by atoms with Gasteiger partial charge in [-0.2, -0.15) is 0 Å². The zero-order valence-electron chi connectivity index (χ0n) is 42.9. The molecule has 0 aliphatic rings. The maximum absolute atomic E-state index is 12.8. The summed E-state index contributed by atoms with van der Waals surface area (Å²) in [4.78, 5) is 38.0. The van der Waals surface area contributed by atoms with E-state index in [1.54, 1.807) is 0 Å². The third-order valence-corrected chi connectivity index (χ3v) is 11.3. The molecule has 0 unspecified atom stereocenters. The predicted molar refractivity (Wildman–Crippen MR) is 284 cm³/mol. The Morgan fingerprint density at radius 1 is 0.318 bits per heavy atom. The predicted octanol–water partition coefficient (Wildman–Crippen LogP) is 18.1. The highest BCUT2D eigenvalue weighted by atomic mass is 16.6. The second kappa shape index (κ2) is 53.9. The molecule has 0 aromatic heterocycles. The molecule has 0 radical (unpaired) electrons. The summed E-state index contributed by atoms with van der Waals surface area (Å²) in [6, 6.07) is 0. The van der Waals surface area contributed by atoms with Gasteiger partial charge in [-0.25, -0.2) is 0 Å². The van der Waals surface area contributed by atoms with E-state index in [9.17, 15) is 14.4 Å². The van der Waals surface area contributed by atoms with Gasteiger partial charge in [-0.1, -0.05) is 234 Å². The van der Waals surface area contributed by atoms with E-state index in [1.807, 2.05) is 6.08 Å². The van der Waals surface area contributed by atoms with Crippen LogP contribution in [0.2, 0.25) is 0 Å². The molecule has 0 spiro atoms. The standard InChI is InChI=1S/C60H100O6/c1-4-7-10-13-16-19-22-25-28-29-30-31-33-35-38-41-44-47-50-53-59(62)65-56-57(55-64-58(61)52-49-46-43-40-37-34-27-24-21-18-15-12-9-6-3)66-60(63)54-51-48-45-42-39-36-32-26-23-20-17-14-11-8-5-2/h7,10,16-17,19-20,25-26,28,30-32,35,38,44,47,57H,4-6,8-9,11-15,18,21-24,27,29,33-34,36-37,39-43,45-46,48-56H2,1-3H3/b10-7-,19-16-,20-17-,28-25-,31-30-,32-26-,38-35-,47-44-/t57-/m1/s1.